The number of benzene rings is 2. The van der Waals surface area contributed by atoms with Gasteiger partial charge in [-0.3, -0.25) is 9.69 Å². The number of carbonyl (C=O) groups is 1. The van der Waals surface area contributed by atoms with Gasteiger partial charge in [-0.05, 0) is 29.8 Å². The monoisotopic (exact) mass is 396 g/mol. The van der Waals surface area contributed by atoms with Crippen molar-refractivity contribution in [1.82, 2.24) is 15.1 Å². The molecule has 2 aromatic rings. The molecule has 0 radical (unpaired) electrons. The lowest BCUT2D eigenvalue weighted by Gasteiger charge is -2.38. The highest BCUT2D eigenvalue weighted by Crippen LogP contribution is 2.24. The quantitative estimate of drug-likeness (QED) is 0.843. The van der Waals surface area contributed by atoms with Gasteiger partial charge in [0.1, 0.15) is 5.82 Å². The first-order valence-corrected chi connectivity index (χ1v) is 10.5. The van der Waals surface area contributed by atoms with E-state index >= 15 is 0 Å². The van der Waals surface area contributed by atoms with E-state index in [0.717, 1.165) is 44.8 Å². The SMILES string of the molecule is O=C(CCN1CCN(c2ccccc2)CC1)N1CCNCC1c1cccc(F)c1. The Kier molecular flexibility index (Phi) is 6.42. The van der Waals surface area contributed by atoms with Gasteiger partial charge in [0.05, 0.1) is 6.04 Å². The van der Waals surface area contributed by atoms with Gasteiger partial charge >= 0.3 is 0 Å². The molecule has 154 valence electrons. The van der Waals surface area contributed by atoms with Crippen molar-refractivity contribution in [3.8, 4) is 0 Å². The summed E-state index contributed by atoms with van der Waals surface area (Å²) in [6.45, 7) is 6.81. The lowest BCUT2D eigenvalue weighted by molar-refractivity contribution is -0.135. The topological polar surface area (TPSA) is 38.8 Å². The van der Waals surface area contributed by atoms with Gasteiger partial charge in [0, 0.05) is 64.5 Å². The van der Waals surface area contributed by atoms with E-state index in [1.807, 2.05) is 17.0 Å². The Balaban J connectivity index is 1.30. The molecular weight excluding hydrogens is 367 g/mol. The van der Waals surface area contributed by atoms with Crippen LogP contribution in [0.3, 0.4) is 0 Å². The third kappa shape index (κ3) is 4.95. The molecule has 1 amide bonds. The molecule has 2 aromatic carbocycles. The fourth-order valence-electron chi connectivity index (χ4n) is 4.28. The van der Waals surface area contributed by atoms with Crippen LogP contribution in [-0.2, 0) is 4.79 Å². The lowest BCUT2D eigenvalue weighted by atomic mass is 10.0. The molecule has 2 fully saturated rings. The van der Waals surface area contributed by atoms with Crippen LogP contribution in [0.5, 0.6) is 0 Å². The Bertz CT molecular complexity index is 808. The first kappa shape index (κ1) is 19.9. The van der Waals surface area contributed by atoms with Gasteiger partial charge in [-0.25, -0.2) is 4.39 Å². The number of carbonyl (C=O) groups excluding carboxylic acids is 1. The van der Waals surface area contributed by atoms with E-state index in [4.69, 9.17) is 0 Å². The molecule has 0 saturated carbocycles. The van der Waals surface area contributed by atoms with E-state index in [0.29, 0.717) is 19.5 Å². The minimum absolute atomic E-state index is 0.0955. The van der Waals surface area contributed by atoms with Crippen LogP contribution in [0.1, 0.15) is 18.0 Å². The Hall–Kier alpha value is -2.44. The maximum atomic E-state index is 13.7. The van der Waals surface area contributed by atoms with Gasteiger partial charge < -0.3 is 15.1 Å². The molecule has 29 heavy (non-hydrogen) atoms. The second-order valence-electron chi connectivity index (χ2n) is 7.78. The van der Waals surface area contributed by atoms with Crippen molar-refractivity contribution >= 4 is 11.6 Å². The fourth-order valence-corrected chi connectivity index (χ4v) is 4.28. The van der Waals surface area contributed by atoms with Crippen molar-refractivity contribution in [2.75, 3.05) is 57.3 Å². The smallest absolute Gasteiger partial charge is 0.224 e. The largest absolute Gasteiger partial charge is 0.369 e. The van der Waals surface area contributed by atoms with Gasteiger partial charge in [0.15, 0.2) is 0 Å². The molecule has 5 nitrogen and oxygen atoms in total. The van der Waals surface area contributed by atoms with Crippen LogP contribution in [0.2, 0.25) is 0 Å². The molecule has 6 heteroatoms. The van der Waals surface area contributed by atoms with Gasteiger partial charge in [0.25, 0.3) is 0 Å². The highest BCUT2D eigenvalue weighted by Gasteiger charge is 2.28. The molecule has 0 spiro atoms. The summed E-state index contributed by atoms with van der Waals surface area (Å²) in [5.41, 5.74) is 2.13. The zero-order valence-corrected chi connectivity index (χ0v) is 16.8. The Morgan fingerprint density at radius 1 is 1.00 bits per heavy atom. The maximum Gasteiger partial charge on any atom is 0.224 e. The summed E-state index contributed by atoms with van der Waals surface area (Å²) >= 11 is 0. The van der Waals surface area contributed by atoms with Crippen LogP contribution in [0.4, 0.5) is 10.1 Å². The van der Waals surface area contributed by atoms with Crippen molar-refractivity contribution in [3.05, 3.63) is 66.0 Å². The number of nitrogens with one attached hydrogen (secondary N) is 1. The van der Waals surface area contributed by atoms with E-state index in [9.17, 15) is 9.18 Å². The van der Waals surface area contributed by atoms with Crippen LogP contribution in [0.15, 0.2) is 54.6 Å². The minimum atomic E-state index is -0.253. The summed E-state index contributed by atoms with van der Waals surface area (Å²) in [6.07, 6.45) is 0.511. The van der Waals surface area contributed by atoms with E-state index in [-0.39, 0.29) is 17.8 Å². The third-order valence-electron chi connectivity index (χ3n) is 5.93. The van der Waals surface area contributed by atoms with Crippen LogP contribution in [0.25, 0.3) is 0 Å². The zero-order valence-electron chi connectivity index (χ0n) is 16.8. The Labute approximate surface area is 172 Å². The van der Waals surface area contributed by atoms with E-state index in [1.165, 1.54) is 11.8 Å². The number of hydrogen-bond acceptors (Lipinski definition) is 4. The predicted molar refractivity (Wildman–Crippen MR) is 113 cm³/mol. The molecule has 4 rings (SSSR count). The Morgan fingerprint density at radius 3 is 2.55 bits per heavy atom. The lowest BCUT2D eigenvalue weighted by Crippen LogP contribution is -2.50. The van der Waals surface area contributed by atoms with E-state index < -0.39 is 0 Å². The summed E-state index contributed by atoms with van der Waals surface area (Å²) in [5.74, 6) is -0.0944. The number of para-hydroxylation sites is 1. The summed E-state index contributed by atoms with van der Waals surface area (Å²) in [4.78, 5) is 19.7. The third-order valence-corrected chi connectivity index (χ3v) is 5.93. The minimum Gasteiger partial charge on any atom is -0.369 e. The van der Waals surface area contributed by atoms with Crippen molar-refractivity contribution in [1.29, 1.82) is 0 Å². The molecule has 0 aromatic heterocycles. The molecule has 2 aliphatic rings. The van der Waals surface area contributed by atoms with E-state index in [1.54, 1.807) is 12.1 Å². The average Bonchev–Trinajstić information content (AvgIpc) is 2.78. The second-order valence-corrected chi connectivity index (χ2v) is 7.78. The number of piperazine rings is 2. The molecule has 1 N–H and O–H groups in total. The summed E-state index contributed by atoms with van der Waals surface area (Å²) in [7, 11) is 0. The molecule has 2 saturated heterocycles. The van der Waals surface area contributed by atoms with Crippen LogP contribution in [-0.4, -0.2) is 68.1 Å². The van der Waals surface area contributed by atoms with E-state index in [2.05, 4.69) is 39.4 Å². The highest BCUT2D eigenvalue weighted by atomic mass is 19.1. The highest BCUT2D eigenvalue weighted by molar-refractivity contribution is 5.77. The summed E-state index contributed by atoms with van der Waals surface area (Å²) < 4.78 is 13.7. The molecule has 1 unspecified atom stereocenters. The predicted octanol–water partition coefficient (Wildman–Crippen LogP) is 2.51. The number of hydrogen-bond donors (Lipinski definition) is 1. The molecule has 2 aliphatic heterocycles. The second kappa shape index (κ2) is 9.37. The number of halogens is 1. The average molecular weight is 397 g/mol. The molecule has 0 aliphatic carbocycles. The zero-order chi connectivity index (χ0) is 20.1. The molecule has 1 atom stereocenters. The fraction of sp³-hybridized carbons (Fsp3) is 0.435. The van der Waals surface area contributed by atoms with Gasteiger partial charge in [0.2, 0.25) is 5.91 Å². The number of rotatable bonds is 5. The number of amides is 1. The van der Waals surface area contributed by atoms with Crippen LogP contribution in [0, 0.1) is 5.82 Å². The first-order chi connectivity index (χ1) is 14.2. The summed E-state index contributed by atoms with van der Waals surface area (Å²) in [6, 6.07) is 17.0. The van der Waals surface area contributed by atoms with Crippen molar-refractivity contribution in [2.24, 2.45) is 0 Å². The van der Waals surface area contributed by atoms with Gasteiger partial charge in [-0.15, -0.1) is 0 Å². The standard InChI is InChI=1S/C23H29FN4O/c24-20-6-4-5-19(17-20)22-18-25-10-12-28(22)23(29)9-11-26-13-15-27(16-14-26)21-7-2-1-3-8-21/h1-8,17,22,25H,9-16,18H2. The maximum absolute atomic E-state index is 13.7. The first-order valence-electron chi connectivity index (χ1n) is 10.5. The number of nitrogens with zero attached hydrogens (tertiary/aromatic N) is 3. The number of anilines is 1. The molecule has 0 bridgehead atoms. The molecular formula is C23H29FN4O. The van der Waals surface area contributed by atoms with Gasteiger partial charge in [-0.1, -0.05) is 30.3 Å². The van der Waals surface area contributed by atoms with Crippen molar-refractivity contribution in [2.45, 2.75) is 12.5 Å². The molecule has 2 heterocycles. The Morgan fingerprint density at radius 2 is 1.79 bits per heavy atom. The van der Waals surface area contributed by atoms with Crippen molar-refractivity contribution < 1.29 is 9.18 Å². The van der Waals surface area contributed by atoms with Gasteiger partial charge in [-0.2, -0.15) is 0 Å². The van der Waals surface area contributed by atoms with Crippen LogP contribution >= 0.6 is 0 Å². The summed E-state index contributed by atoms with van der Waals surface area (Å²) in [5, 5.41) is 3.33. The normalized spacial score (nSPS) is 20.7. The van der Waals surface area contributed by atoms with Crippen molar-refractivity contribution in [3.63, 3.8) is 0 Å². The van der Waals surface area contributed by atoms with Crippen LogP contribution < -0.4 is 10.2 Å².